The molecule has 3 aromatic heterocycles. The Balaban J connectivity index is 1.35. The van der Waals surface area contributed by atoms with Crippen LogP contribution in [-0.2, 0) is 12.8 Å². The van der Waals surface area contributed by atoms with E-state index in [0.29, 0.717) is 0 Å². The standard InChI is InChI=1S/C23H25N5OS/c1-2-18(27-23(29)20-11-16-5-3-4-6-19(16)30-20)14-7-9-15(10-8-14)21-17-12-26-28-22(17)25-13-24-21/h7-13,18,23,27,29H,2-6H2,1H3,(H,24,25,26,28). The number of aliphatic hydroxyl groups excluding tert-OH is 1. The Hall–Kier alpha value is -2.61. The van der Waals surface area contributed by atoms with Crippen molar-refractivity contribution >= 4 is 22.4 Å². The minimum Gasteiger partial charge on any atom is -0.373 e. The third-order valence-electron chi connectivity index (χ3n) is 5.89. The number of nitrogens with zero attached hydrogens (tertiary/aromatic N) is 3. The van der Waals surface area contributed by atoms with Crippen molar-refractivity contribution in [1.29, 1.82) is 0 Å². The SMILES string of the molecule is CCC(NC(O)c1cc2c(s1)CCCC2)c1ccc(-c2ncnc3[nH]ncc23)cc1. The summed E-state index contributed by atoms with van der Waals surface area (Å²) in [6.45, 7) is 2.14. The molecular formula is C23H25N5OS. The average molecular weight is 420 g/mol. The summed E-state index contributed by atoms with van der Waals surface area (Å²) in [6, 6.07) is 10.6. The van der Waals surface area contributed by atoms with Crippen LogP contribution in [-0.4, -0.2) is 25.3 Å². The van der Waals surface area contributed by atoms with Gasteiger partial charge < -0.3 is 5.11 Å². The van der Waals surface area contributed by atoms with Crippen LogP contribution in [0, 0.1) is 0 Å². The molecule has 1 aliphatic rings. The predicted molar refractivity (Wildman–Crippen MR) is 119 cm³/mol. The van der Waals surface area contributed by atoms with Crippen LogP contribution in [0.4, 0.5) is 0 Å². The summed E-state index contributed by atoms with van der Waals surface area (Å²) < 4.78 is 0. The van der Waals surface area contributed by atoms with Gasteiger partial charge in [0, 0.05) is 21.4 Å². The van der Waals surface area contributed by atoms with Crippen LogP contribution in [0.1, 0.15) is 59.3 Å². The third kappa shape index (κ3) is 3.64. The Labute approximate surface area is 179 Å². The van der Waals surface area contributed by atoms with Crippen LogP contribution in [0.2, 0.25) is 0 Å². The fourth-order valence-electron chi connectivity index (χ4n) is 4.24. The molecule has 0 aliphatic heterocycles. The van der Waals surface area contributed by atoms with Gasteiger partial charge in [-0.1, -0.05) is 31.2 Å². The molecule has 3 heterocycles. The maximum atomic E-state index is 10.8. The van der Waals surface area contributed by atoms with E-state index in [2.05, 4.69) is 62.7 Å². The summed E-state index contributed by atoms with van der Waals surface area (Å²) >= 11 is 1.76. The number of rotatable bonds is 6. The van der Waals surface area contributed by atoms with Crippen LogP contribution >= 0.6 is 11.3 Å². The Morgan fingerprint density at radius 3 is 2.80 bits per heavy atom. The first-order valence-corrected chi connectivity index (χ1v) is 11.3. The molecule has 0 saturated carbocycles. The fourth-order valence-corrected chi connectivity index (χ4v) is 5.44. The molecule has 0 radical (unpaired) electrons. The van der Waals surface area contributed by atoms with Crippen LogP contribution < -0.4 is 5.32 Å². The van der Waals surface area contributed by atoms with E-state index >= 15 is 0 Å². The average Bonchev–Trinajstić information content (AvgIpc) is 3.44. The molecule has 1 aliphatic carbocycles. The predicted octanol–water partition coefficient (Wildman–Crippen LogP) is 4.69. The van der Waals surface area contributed by atoms with E-state index in [4.69, 9.17) is 0 Å². The van der Waals surface area contributed by atoms with Gasteiger partial charge in [0.15, 0.2) is 5.65 Å². The second kappa shape index (κ2) is 8.26. The van der Waals surface area contributed by atoms with Gasteiger partial charge in [0.05, 0.1) is 17.3 Å². The third-order valence-corrected chi connectivity index (χ3v) is 7.18. The topological polar surface area (TPSA) is 86.7 Å². The number of aryl methyl sites for hydroxylation is 2. The Morgan fingerprint density at radius 1 is 1.17 bits per heavy atom. The summed E-state index contributed by atoms with van der Waals surface area (Å²) in [5.74, 6) is 0. The number of nitrogens with one attached hydrogen (secondary N) is 2. The van der Waals surface area contributed by atoms with E-state index in [1.54, 1.807) is 23.9 Å². The van der Waals surface area contributed by atoms with Crippen LogP contribution in [0.3, 0.4) is 0 Å². The molecule has 0 spiro atoms. The van der Waals surface area contributed by atoms with Crippen molar-refractivity contribution in [3.63, 3.8) is 0 Å². The van der Waals surface area contributed by atoms with E-state index < -0.39 is 6.23 Å². The van der Waals surface area contributed by atoms with E-state index in [1.807, 2.05) is 0 Å². The first-order valence-electron chi connectivity index (χ1n) is 10.5. The molecule has 0 saturated heterocycles. The molecule has 0 amide bonds. The van der Waals surface area contributed by atoms with E-state index in [-0.39, 0.29) is 6.04 Å². The van der Waals surface area contributed by atoms with Gasteiger partial charge >= 0.3 is 0 Å². The first-order chi connectivity index (χ1) is 14.7. The van der Waals surface area contributed by atoms with Gasteiger partial charge in [-0.3, -0.25) is 10.4 Å². The zero-order valence-corrected chi connectivity index (χ0v) is 17.7. The van der Waals surface area contributed by atoms with Gasteiger partial charge in [-0.05, 0) is 49.3 Å². The van der Waals surface area contributed by atoms with Gasteiger partial charge in [0.25, 0.3) is 0 Å². The minimum atomic E-state index is -0.641. The lowest BCUT2D eigenvalue weighted by atomic mass is 9.99. The number of aromatic nitrogens is 4. The lowest BCUT2D eigenvalue weighted by molar-refractivity contribution is 0.125. The molecule has 2 unspecified atom stereocenters. The monoisotopic (exact) mass is 419 g/mol. The highest BCUT2D eigenvalue weighted by Crippen LogP contribution is 2.33. The van der Waals surface area contributed by atoms with Gasteiger partial charge in [0.2, 0.25) is 0 Å². The number of aliphatic hydroxyl groups is 1. The quantitative estimate of drug-likeness (QED) is 0.395. The van der Waals surface area contributed by atoms with Crippen LogP contribution in [0.5, 0.6) is 0 Å². The lowest BCUT2D eigenvalue weighted by Gasteiger charge is -2.21. The normalized spacial score (nSPS) is 15.8. The first kappa shape index (κ1) is 19.4. The molecule has 30 heavy (non-hydrogen) atoms. The smallest absolute Gasteiger partial charge is 0.159 e. The Morgan fingerprint density at radius 2 is 2.00 bits per heavy atom. The molecule has 6 nitrogen and oxygen atoms in total. The molecular weight excluding hydrogens is 394 g/mol. The molecule has 0 bridgehead atoms. The lowest BCUT2D eigenvalue weighted by Crippen LogP contribution is -2.25. The summed E-state index contributed by atoms with van der Waals surface area (Å²) in [6.07, 6.45) is 8.37. The van der Waals surface area contributed by atoms with Crippen molar-refractivity contribution < 1.29 is 5.11 Å². The highest BCUT2D eigenvalue weighted by Gasteiger charge is 2.20. The van der Waals surface area contributed by atoms with Crippen LogP contribution in [0.25, 0.3) is 22.3 Å². The Bertz CT molecular complexity index is 1130. The number of thiophene rings is 1. The summed E-state index contributed by atoms with van der Waals surface area (Å²) in [7, 11) is 0. The van der Waals surface area contributed by atoms with Crippen molar-refractivity contribution in [2.45, 2.75) is 51.3 Å². The highest BCUT2D eigenvalue weighted by molar-refractivity contribution is 7.12. The van der Waals surface area contributed by atoms with Crippen molar-refractivity contribution in [1.82, 2.24) is 25.5 Å². The molecule has 4 aromatic rings. The van der Waals surface area contributed by atoms with E-state index in [0.717, 1.165) is 52.0 Å². The number of hydrogen-bond donors (Lipinski definition) is 3. The van der Waals surface area contributed by atoms with Crippen LogP contribution in [0.15, 0.2) is 42.9 Å². The molecule has 1 aromatic carbocycles. The molecule has 154 valence electrons. The van der Waals surface area contributed by atoms with Gasteiger partial charge in [-0.15, -0.1) is 11.3 Å². The second-order valence-corrected chi connectivity index (χ2v) is 8.98. The summed E-state index contributed by atoms with van der Waals surface area (Å²) in [5, 5.41) is 22.1. The molecule has 0 fully saturated rings. The highest BCUT2D eigenvalue weighted by atomic mass is 32.1. The number of aromatic amines is 1. The van der Waals surface area contributed by atoms with Gasteiger partial charge in [0.1, 0.15) is 12.6 Å². The van der Waals surface area contributed by atoms with E-state index in [1.165, 1.54) is 23.3 Å². The number of fused-ring (bicyclic) bond motifs is 2. The van der Waals surface area contributed by atoms with Crippen molar-refractivity contribution in [3.05, 3.63) is 63.7 Å². The number of benzene rings is 1. The fraction of sp³-hybridized carbons (Fsp3) is 0.348. The second-order valence-electron chi connectivity index (χ2n) is 7.81. The molecule has 2 atom stereocenters. The molecule has 3 N–H and O–H groups in total. The Kier molecular flexibility index (Phi) is 5.33. The van der Waals surface area contributed by atoms with E-state index in [9.17, 15) is 5.11 Å². The summed E-state index contributed by atoms with van der Waals surface area (Å²) in [5.41, 5.74) is 5.20. The zero-order chi connectivity index (χ0) is 20.5. The molecule has 5 rings (SSSR count). The van der Waals surface area contributed by atoms with Crippen molar-refractivity contribution in [2.24, 2.45) is 0 Å². The maximum absolute atomic E-state index is 10.8. The minimum absolute atomic E-state index is 0.0764. The van der Waals surface area contributed by atoms with Crippen molar-refractivity contribution in [3.8, 4) is 11.3 Å². The van der Waals surface area contributed by atoms with Crippen molar-refractivity contribution in [2.75, 3.05) is 0 Å². The number of H-pyrrole nitrogens is 1. The number of hydrogen-bond acceptors (Lipinski definition) is 6. The zero-order valence-electron chi connectivity index (χ0n) is 16.9. The van der Waals surface area contributed by atoms with Gasteiger partial charge in [-0.25, -0.2) is 9.97 Å². The largest absolute Gasteiger partial charge is 0.373 e. The summed E-state index contributed by atoms with van der Waals surface area (Å²) in [4.78, 5) is 11.1. The van der Waals surface area contributed by atoms with Gasteiger partial charge in [-0.2, -0.15) is 5.10 Å². The maximum Gasteiger partial charge on any atom is 0.159 e. The molecule has 7 heteroatoms.